The highest BCUT2D eigenvalue weighted by atomic mass is 16.5. The van der Waals surface area contributed by atoms with Crippen LogP contribution in [-0.4, -0.2) is 29.1 Å². The Bertz CT molecular complexity index is 996. The van der Waals surface area contributed by atoms with Crippen LogP contribution in [0.25, 0.3) is 0 Å². The number of ether oxygens (including phenoxy) is 2. The lowest BCUT2D eigenvalue weighted by atomic mass is 10.0. The van der Waals surface area contributed by atoms with Crippen LogP contribution >= 0.6 is 0 Å². The van der Waals surface area contributed by atoms with Crippen LogP contribution in [0.5, 0.6) is 5.75 Å². The lowest BCUT2D eigenvalue weighted by Crippen LogP contribution is -2.30. The minimum Gasteiger partial charge on any atom is -0.485 e. The van der Waals surface area contributed by atoms with E-state index in [2.05, 4.69) is 15.5 Å². The zero-order valence-electron chi connectivity index (χ0n) is 17.0. The van der Waals surface area contributed by atoms with Crippen molar-refractivity contribution >= 4 is 11.9 Å². The van der Waals surface area contributed by atoms with Gasteiger partial charge in [0.1, 0.15) is 5.75 Å². The maximum atomic E-state index is 12.7. The van der Waals surface area contributed by atoms with Crippen molar-refractivity contribution in [2.45, 2.75) is 32.9 Å². The number of hydrogen-bond acceptors (Lipinski definition) is 7. The minimum atomic E-state index is -0.497. The van der Waals surface area contributed by atoms with Gasteiger partial charge in [0.15, 0.2) is 6.61 Å². The van der Waals surface area contributed by atoms with Crippen molar-refractivity contribution in [1.29, 1.82) is 0 Å². The number of amides is 1. The Hall–Kier alpha value is -3.68. The third-order valence-corrected chi connectivity index (χ3v) is 4.44. The third-order valence-electron chi connectivity index (χ3n) is 4.44. The molecule has 2 aromatic carbocycles. The average Bonchev–Trinajstić information content (AvgIpc) is 3.17. The summed E-state index contributed by atoms with van der Waals surface area (Å²) < 4.78 is 15.3. The molecule has 0 fully saturated rings. The smallest absolute Gasteiger partial charge is 0.307 e. The summed E-state index contributed by atoms with van der Waals surface area (Å²) in [4.78, 5) is 28.6. The van der Waals surface area contributed by atoms with Gasteiger partial charge in [0.25, 0.3) is 5.91 Å². The van der Waals surface area contributed by atoms with E-state index < -0.39 is 12.0 Å². The number of benzene rings is 2. The number of nitrogens with one attached hydrogen (secondary N) is 1. The van der Waals surface area contributed by atoms with Crippen molar-refractivity contribution in [2.75, 3.05) is 7.11 Å². The van der Waals surface area contributed by atoms with Gasteiger partial charge in [-0.2, -0.15) is 4.98 Å². The molecule has 1 atom stereocenters. The van der Waals surface area contributed by atoms with Gasteiger partial charge in [0.2, 0.25) is 11.7 Å². The predicted molar refractivity (Wildman–Crippen MR) is 108 cm³/mol. The zero-order chi connectivity index (χ0) is 21.5. The van der Waals surface area contributed by atoms with Gasteiger partial charge in [0, 0.05) is 12.5 Å². The van der Waals surface area contributed by atoms with Gasteiger partial charge in [0.05, 0.1) is 19.6 Å². The molecule has 0 radical (unpaired) electrons. The SMILES string of the molecule is COC(=O)C[C@@H](NC(=O)c1ccc(OCc2noc(C)n2)cc1)c1ccc(C)cc1. The number of aromatic nitrogens is 2. The summed E-state index contributed by atoms with van der Waals surface area (Å²) >= 11 is 0. The average molecular weight is 409 g/mol. The first kappa shape index (κ1) is 21.0. The molecule has 1 heterocycles. The van der Waals surface area contributed by atoms with Crippen LogP contribution < -0.4 is 10.1 Å². The first-order valence-electron chi connectivity index (χ1n) is 9.41. The second kappa shape index (κ2) is 9.69. The Morgan fingerprint density at radius 2 is 1.77 bits per heavy atom. The highest BCUT2D eigenvalue weighted by Gasteiger charge is 2.20. The Balaban J connectivity index is 1.65. The van der Waals surface area contributed by atoms with E-state index in [4.69, 9.17) is 14.0 Å². The van der Waals surface area contributed by atoms with Crippen LogP contribution in [0, 0.1) is 13.8 Å². The highest BCUT2D eigenvalue weighted by Crippen LogP contribution is 2.20. The van der Waals surface area contributed by atoms with Crippen molar-refractivity contribution in [1.82, 2.24) is 15.5 Å². The van der Waals surface area contributed by atoms with E-state index in [1.165, 1.54) is 7.11 Å². The van der Waals surface area contributed by atoms with Crippen molar-refractivity contribution < 1.29 is 23.6 Å². The molecule has 0 aliphatic rings. The fourth-order valence-corrected chi connectivity index (χ4v) is 2.79. The second-order valence-electron chi connectivity index (χ2n) is 6.76. The first-order chi connectivity index (χ1) is 14.4. The van der Waals surface area contributed by atoms with Gasteiger partial charge < -0.3 is 19.3 Å². The number of esters is 1. The number of methoxy groups -OCH3 is 1. The van der Waals surface area contributed by atoms with Crippen molar-refractivity contribution in [3.63, 3.8) is 0 Å². The molecule has 0 saturated carbocycles. The van der Waals surface area contributed by atoms with Gasteiger partial charge in [-0.1, -0.05) is 35.0 Å². The standard InChI is InChI=1S/C22H23N3O5/c1-14-4-6-16(7-5-14)19(12-21(26)28-3)24-22(27)17-8-10-18(11-9-17)29-13-20-23-15(2)30-25-20/h4-11,19H,12-13H2,1-3H3,(H,24,27)/t19-/m1/s1. The normalized spacial score (nSPS) is 11.6. The molecule has 0 spiro atoms. The summed E-state index contributed by atoms with van der Waals surface area (Å²) in [5, 5.41) is 6.66. The van der Waals surface area contributed by atoms with Crippen LogP contribution in [0.15, 0.2) is 53.1 Å². The van der Waals surface area contributed by atoms with E-state index >= 15 is 0 Å². The lowest BCUT2D eigenvalue weighted by Gasteiger charge is -2.18. The van der Waals surface area contributed by atoms with E-state index in [0.29, 0.717) is 23.0 Å². The molecule has 1 aromatic heterocycles. The van der Waals surface area contributed by atoms with Gasteiger partial charge in [-0.25, -0.2) is 0 Å². The third kappa shape index (κ3) is 5.66. The maximum absolute atomic E-state index is 12.7. The maximum Gasteiger partial charge on any atom is 0.307 e. The van der Waals surface area contributed by atoms with Crippen LogP contribution in [0.4, 0.5) is 0 Å². The summed E-state index contributed by atoms with van der Waals surface area (Å²) in [5.74, 6) is 0.776. The molecule has 30 heavy (non-hydrogen) atoms. The summed E-state index contributed by atoms with van der Waals surface area (Å²) in [6.07, 6.45) is 0.0383. The zero-order valence-corrected chi connectivity index (χ0v) is 17.0. The molecule has 156 valence electrons. The van der Waals surface area contributed by atoms with Crippen molar-refractivity contribution in [3.05, 3.63) is 76.9 Å². The number of carbonyl (C=O) groups is 2. The highest BCUT2D eigenvalue weighted by molar-refractivity contribution is 5.94. The van der Waals surface area contributed by atoms with Gasteiger partial charge in [-0.05, 0) is 36.8 Å². The molecule has 3 rings (SSSR count). The Labute approximate surface area is 174 Å². The molecular formula is C22H23N3O5. The van der Waals surface area contributed by atoms with E-state index in [1.807, 2.05) is 31.2 Å². The van der Waals surface area contributed by atoms with Crippen LogP contribution in [0.1, 0.15) is 45.7 Å². The molecular weight excluding hydrogens is 386 g/mol. The predicted octanol–water partition coefficient (Wildman–Crippen LogP) is 3.30. The quantitative estimate of drug-likeness (QED) is 0.569. The summed E-state index contributed by atoms with van der Waals surface area (Å²) in [6.45, 7) is 3.84. The molecule has 0 saturated heterocycles. The molecule has 8 nitrogen and oxygen atoms in total. The summed E-state index contributed by atoms with van der Waals surface area (Å²) in [6, 6.07) is 13.8. The van der Waals surface area contributed by atoms with Crippen LogP contribution in [0.3, 0.4) is 0 Å². The van der Waals surface area contributed by atoms with Gasteiger partial charge in [-0.3, -0.25) is 9.59 Å². The molecule has 3 aromatic rings. The van der Waals surface area contributed by atoms with Crippen molar-refractivity contribution in [3.8, 4) is 5.75 Å². The monoisotopic (exact) mass is 409 g/mol. The molecule has 0 bridgehead atoms. The fourth-order valence-electron chi connectivity index (χ4n) is 2.79. The Morgan fingerprint density at radius 3 is 2.37 bits per heavy atom. The molecule has 1 amide bonds. The number of hydrogen-bond donors (Lipinski definition) is 1. The Kier molecular flexibility index (Phi) is 6.79. The van der Waals surface area contributed by atoms with E-state index in [1.54, 1.807) is 31.2 Å². The lowest BCUT2D eigenvalue weighted by molar-refractivity contribution is -0.141. The molecule has 0 unspecified atom stereocenters. The van der Waals surface area contributed by atoms with Gasteiger partial charge >= 0.3 is 5.97 Å². The first-order valence-corrected chi connectivity index (χ1v) is 9.41. The number of carbonyl (C=O) groups excluding carboxylic acids is 2. The molecule has 8 heteroatoms. The second-order valence-corrected chi connectivity index (χ2v) is 6.76. The minimum absolute atomic E-state index is 0.0383. The molecule has 0 aliphatic heterocycles. The fraction of sp³-hybridized carbons (Fsp3) is 0.273. The molecule has 0 aliphatic carbocycles. The summed E-state index contributed by atoms with van der Waals surface area (Å²) in [5.41, 5.74) is 2.36. The van der Waals surface area contributed by atoms with Gasteiger partial charge in [-0.15, -0.1) is 0 Å². The van der Waals surface area contributed by atoms with E-state index in [-0.39, 0.29) is 18.9 Å². The summed E-state index contributed by atoms with van der Waals surface area (Å²) in [7, 11) is 1.32. The van der Waals surface area contributed by atoms with Crippen LogP contribution in [0.2, 0.25) is 0 Å². The Morgan fingerprint density at radius 1 is 1.07 bits per heavy atom. The number of nitrogens with zero attached hydrogens (tertiary/aromatic N) is 2. The largest absolute Gasteiger partial charge is 0.485 e. The molecule has 1 N–H and O–H groups in total. The van der Waals surface area contributed by atoms with E-state index in [9.17, 15) is 9.59 Å². The topological polar surface area (TPSA) is 104 Å². The van der Waals surface area contributed by atoms with Crippen LogP contribution in [-0.2, 0) is 16.1 Å². The number of rotatable bonds is 8. The van der Waals surface area contributed by atoms with E-state index in [0.717, 1.165) is 11.1 Å². The van der Waals surface area contributed by atoms with Crippen molar-refractivity contribution in [2.24, 2.45) is 0 Å². The number of aryl methyl sites for hydroxylation is 2.